The van der Waals surface area contributed by atoms with E-state index in [1.165, 1.54) is 18.2 Å². The smallest absolute Gasteiger partial charge is 0.258 e. The number of nitro benzene ring substituents is 1. The fraction of sp³-hybridized carbons (Fsp3) is 0. The number of halogens is 2. The van der Waals surface area contributed by atoms with Gasteiger partial charge in [0, 0.05) is 15.4 Å². The average Bonchev–Trinajstić information content (AvgIpc) is 2.64. The Morgan fingerprint density at radius 3 is 2.62 bits per heavy atom. The normalized spacial score (nSPS) is 10.4. The SMILES string of the molecule is O=[N+]([O-])c1cc(Br)ccc1-c1ccc(F)s1. The van der Waals surface area contributed by atoms with Crippen molar-refractivity contribution in [1.29, 1.82) is 0 Å². The summed E-state index contributed by atoms with van der Waals surface area (Å²) in [7, 11) is 0. The molecule has 0 spiro atoms. The van der Waals surface area contributed by atoms with Crippen molar-refractivity contribution in [2.24, 2.45) is 0 Å². The molecule has 0 amide bonds. The molecule has 6 heteroatoms. The van der Waals surface area contributed by atoms with E-state index in [4.69, 9.17) is 0 Å². The van der Waals surface area contributed by atoms with Crippen LogP contribution in [0, 0.1) is 15.2 Å². The van der Waals surface area contributed by atoms with Crippen LogP contribution >= 0.6 is 27.3 Å². The van der Waals surface area contributed by atoms with Gasteiger partial charge in [0.2, 0.25) is 0 Å². The van der Waals surface area contributed by atoms with Gasteiger partial charge in [0.1, 0.15) is 0 Å². The summed E-state index contributed by atoms with van der Waals surface area (Å²) in [6.07, 6.45) is 0. The highest BCUT2D eigenvalue weighted by Gasteiger charge is 2.17. The summed E-state index contributed by atoms with van der Waals surface area (Å²) in [5.41, 5.74) is 0.401. The third-order valence-corrected chi connectivity index (χ3v) is 3.40. The van der Waals surface area contributed by atoms with Crippen molar-refractivity contribution in [3.8, 4) is 10.4 Å². The van der Waals surface area contributed by atoms with E-state index in [0.29, 0.717) is 14.9 Å². The highest BCUT2D eigenvalue weighted by atomic mass is 79.9. The first kappa shape index (κ1) is 11.2. The molecule has 0 aliphatic heterocycles. The Bertz CT molecular complexity index is 556. The van der Waals surface area contributed by atoms with Crippen LogP contribution in [-0.4, -0.2) is 4.92 Å². The monoisotopic (exact) mass is 301 g/mol. The number of nitro groups is 1. The van der Waals surface area contributed by atoms with Crippen molar-refractivity contribution < 1.29 is 9.31 Å². The molecule has 0 bridgehead atoms. The third kappa shape index (κ3) is 2.12. The van der Waals surface area contributed by atoms with Crippen molar-refractivity contribution >= 4 is 33.0 Å². The van der Waals surface area contributed by atoms with Gasteiger partial charge >= 0.3 is 0 Å². The molecule has 1 aromatic carbocycles. The summed E-state index contributed by atoms with van der Waals surface area (Å²) in [4.78, 5) is 10.9. The Morgan fingerprint density at radius 2 is 2.06 bits per heavy atom. The fourth-order valence-electron chi connectivity index (χ4n) is 1.32. The highest BCUT2D eigenvalue weighted by Crippen LogP contribution is 2.35. The molecule has 0 saturated carbocycles. The van der Waals surface area contributed by atoms with Crippen molar-refractivity contribution in [3.05, 3.63) is 50.0 Å². The summed E-state index contributed by atoms with van der Waals surface area (Å²) in [6.45, 7) is 0. The van der Waals surface area contributed by atoms with Gasteiger partial charge in [0.25, 0.3) is 5.69 Å². The Hall–Kier alpha value is -1.27. The number of nitrogens with zero attached hydrogens (tertiary/aromatic N) is 1. The van der Waals surface area contributed by atoms with Crippen LogP contribution in [0.5, 0.6) is 0 Å². The van der Waals surface area contributed by atoms with Gasteiger partial charge in [0.15, 0.2) is 5.13 Å². The lowest BCUT2D eigenvalue weighted by Crippen LogP contribution is -1.90. The Balaban J connectivity index is 2.60. The van der Waals surface area contributed by atoms with E-state index in [9.17, 15) is 14.5 Å². The zero-order valence-corrected chi connectivity index (χ0v) is 10.2. The molecular weight excluding hydrogens is 297 g/mol. The Morgan fingerprint density at radius 1 is 1.31 bits per heavy atom. The van der Waals surface area contributed by atoms with Crippen molar-refractivity contribution in [1.82, 2.24) is 0 Å². The van der Waals surface area contributed by atoms with E-state index >= 15 is 0 Å². The molecule has 2 rings (SSSR count). The predicted octanol–water partition coefficient (Wildman–Crippen LogP) is 4.22. The molecular formula is C10H5BrFNO2S. The van der Waals surface area contributed by atoms with Gasteiger partial charge in [0.05, 0.1) is 10.5 Å². The number of benzene rings is 1. The van der Waals surface area contributed by atoms with Crippen molar-refractivity contribution in [2.45, 2.75) is 0 Å². The number of hydrogen-bond donors (Lipinski definition) is 0. The molecule has 0 unspecified atom stereocenters. The van der Waals surface area contributed by atoms with E-state index in [2.05, 4.69) is 15.9 Å². The lowest BCUT2D eigenvalue weighted by Gasteiger charge is -2.00. The van der Waals surface area contributed by atoms with Crippen LogP contribution in [0.25, 0.3) is 10.4 Å². The number of thiophene rings is 1. The van der Waals surface area contributed by atoms with Gasteiger partial charge in [-0.1, -0.05) is 15.9 Å². The van der Waals surface area contributed by atoms with Crippen molar-refractivity contribution in [2.75, 3.05) is 0 Å². The summed E-state index contributed by atoms with van der Waals surface area (Å²) in [5, 5.41) is 10.5. The molecule has 2 aromatic rings. The highest BCUT2D eigenvalue weighted by molar-refractivity contribution is 9.10. The predicted molar refractivity (Wildman–Crippen MR) is 64.1 cm³/mol. The van der Waals surface area contributed by atoms with E-state index in [1.807, 2.05) is 0 Å². The molecule has 1 heterocycles. The number of hydrogen-bond acceptors (Lipinski definition) is 3. The topological polar surface area (TPSA) is 43.1 Å². The van der Waals surface area contributed by atoms with Gasteiger partial charge in [-0.3, -0.25) is 10.1 Å². The summed E-state index contributed by atoms with van der Waals surface area (Å²) in [6, 6.07) is 7.54. The van der Waals surface area contributed by atoms with Gasteiger partial charge in [-0.25, -0.2) is 0 Å². The Kier molecular flexibility index (Phi) is 3.02. The minimum Gasteiger partial charge on any atom is -0.258 e. The molecule has 1 aromatic heterocycles. The molecule has 0 N–H and O–H groups in total. The number of rotatable bonds is 2. The quantitative estimate of drug-likeness (QED) is 0.615. The molecule has 16 heavy (non-hydrogen) atoms. The van der Waals surface area contributed by atoms with Crippen molar-refractivity contribution in [3.63, 3.8) is 0 Å². The zero-order chi connectivity index (χ0) is 11.7. The second-order valence-corrected chi connectivity index (χ2v) is 4.97. The van der Waals surface area contributed by atoms with Crippen LogP contribution in [0.3, 0.4) is 0 Å². The molecule has 0 radical (unpaired) electrons. The minimum atomic E-state index is -0.474. The van der Waals surface area contributed by atoms with Crippen LogP contribution in [0.4, 0.5) is 10.1 Å². The fourth-order valence-corrected chi connectivity index (χ4v) is 2.44. The molecule has 0 aliphatic rings. The van der Waals surface area contributed by atoms with E-state index in [1.54, 1.807) is 12.1 Å². The molecule has 0 aliphatic carbocycles. The first-order chi connectivity index (χ1) is 7.58. The zero-order valence-electron chi connectivity index (χ0n) is 7.81. The summed E-state index contributed by atoms with van der Waals surface area (Å²) in [5.74, 6) is 0. The third-order valence-electron chi connectivity index (χ3n) is 2.00. The van der Waals surface area contributed by atoms with E-state index in [-0.39, 0.29) is 10.8 Å². The van der Waals surface area contributed by atoms with Crippen LogP contribution in [0.15, 0.2) is 34.8 Å². The van der Waals surface area contributed by atoms with Crippen LogP contribution < -0.4 is 0 Å². The lowest BCUT2D eigenvalue weighted by atomic mass is 10.1. The molecule has 0 atom stereocenters. The summed E-state index contributed by atoms with van der Waals surface area (Å²) >= 11 is 4.06. The van der Waals surface area contributed by atoms with Gasteiger partial charge < -0.3 is 0 Å². The largest absolute Gasteiger partial charge is 0.279 e. The first-order valence-electron chi connectivity index (χ1n) is 4.27. The minimum absolute atomic E-state index is 0.0313. The standard InChI is InChI=1S/C10H5BrFNO2S/c11-6-1-2-7(8(5-6)13(14)15)9-3-4-10(12)16-9/h1-5H. The maximum atomic E-state index is 12.9. The molecule has 3 nitrogen and oxygen atoms in total. The van der Waals surface area contributed by atoms with Gasteiger partial charge in [-0.15, -0.1) is 11.3 Å². The second-order valence-electron chi connectivity index (χ2n) is 3.02. The molecule has 0 fully saturated rings. The van der Waals surface area contributed by atoms with E-state index < -0.39 is 4.92 Å². The lowest BCUT2D eigenvalue weighted by molar-refractivity contribution is -0.384. The maximum Gasteiger partial charge on any atom is 0.279 e. The summed E-state index contributed by atoms with van der Waals surface area (Å²) < 4.78 is 13.5. The Labute approximate surface area is 103 Å². The van der Waals surface area contributed by atoms with E-state index in [0.717, 1.165) is 11.3 Å². The van der Waals surface area contributed by atoms with Gasteiger partial charge in [-0.2, -0.15) is 4.39 Å². The molecule has 0 saturated heterocycles. The first-order valence-corrected chi connectivity index (χ1v) is 5.88. The maximum absolute atomic E-state index is 12.9. The van der Waals surface area contributed by atoms with Crippen LogP contribution in [0.1, 0.15) is 0 Å². The molecule has 82 valence electrons. The van der Waals surface area contributed by atoms with Gasteiger partial charge in [-0.05, 0) is 24.3 Å². The second kappa shape index (κ2) is 4.31. The average molecular weight is 302 g/mol. The van der Waals surface area contributed by atoms with Crippen LogP contribution in [-0.2, 0) is 0 Å². The van der Waals surface area contributed by atoms with Crippen LogP contribution in [0.2, 0.25) is 0 Å².